The Balaban J connectivity index is 0.00000144. The summed E-state index contributed by atoms with van der Waals surface area (Å²) < 4.78 is 6.02. The molecule has 0 radical (unpaired) electrons. The molecule has 0 bridgehead atoms. The van der Waals surface area contributed by atoms with Gasteiger partial charge in [0.05, 0.1) is 0 Å². The predicted molar refractivity (Wildman–Crippen MR) is 69.7 cm³/mol. The third-order valence-corrected chi connectivity index (χ3v) is 4.21. The van der Waals surface area contributed by atoms with E-state index in [9.17, 15) is 0 Å². The predicted octanol–water partition coefficient (Wildman–Crippen LogP) is 4.20. The molecule has 0 saturated heterocycles. The Morgan fingerprint density at radius 2 is 1.71 bits per heavy atom. The molecule has 0 unspecified atom stereocenters. The Labute approximate surface area is 126 Å². The molecule has 0 fully saturated rings. The van der Waals surface area contributed by atoms with Crippen LogP contribution in [0.5, 0.6) is 0 Å². The van der Waals surface area contributed by atoms with Crippen LogP contribution in [0.15, 0.2) is 47.6 Å². The molecule has 0 aliphatic heterocycles. The van der Waals surface area contributed by atoms with E-state index in [1.807, 2.05) is 0 Å². The summed E-state index contributed by atoms with van der Waals surface area (Å²) in [6, 6.07) is 0. The van der Waals surface area contributed by atoms with Crippen molar-refractivity contribution < 1.29 is 28.0 Å². The number of hydrogen-bond donors (Lipinski definition) is 0. The van der Waals surface area contributed by atoms with Gasteiger partial charge >= 0.3 is 114 Å². The van der Waals surface area contributed by atoms with E-state index in [4.69, 9.17) is 2.81 Å². The fraction of sp³-hybridized carbons (Fsp3) is 0.429. The van der Waals surface area contributed by atoms with Gasteiger partial charge in [-0.2, -0.15) is 0 Å². The van der Waals surface area contributed by atoms with Crippen LogP contribution in [0.3, 0.4) is 0 Å². The van der Waals surface area contributed by atoms with E-state index in [0.29, 0.717) is 0 Å². The van der Waals surface area contributed by atoms with E-state index >= 15 is 0 Å². The molecule has 91 valence electrons. The second kappa shape index (κ2) is 6.87. The number of halogens is 1. The van der Waals surface area contributed by atoms with Crippen molar-refractivity contribution >= 4 is 12.4 Å². The van der Waals surface area contributed by atoms with Crippen LogP contribution in [0.2, 0.25) is 0 Å². The van der Waals surface area contributed by atoms with Gasteiger partial charge in [0.15, 0.2) is 0 Å². The normalized spacial score (nSPS) is 17.9. The molecule has 0 aromatic carbocycles. The molecule has 2 rings (SSSR count). The van der Waals surface area contributed by atoms with Gasteiger partial charge in [-0.25, -0.2) is 0 Å². The molecule has 0 amide bonds. The fourth-order valence-corrected chi connectivity index (χ4v) is 3.45. The summed E-state index contributed by atoms with van der Waals surface area (Å²) in [6.07, 6.45) is 17.6. The minimum Gasteiger partial charge on any atom is -0.147 e. The van der Waals surface area contributed by atoms with E-state index in [1.165, 1.54) is 11.1 Å². The van der Waals surface area contributed by atoms with Crippen LogP contribution in [0, 0.1) is 0 Å². The van der Waals surface area contributed by atoms with Gasteiger partial charge in [-0.05, 0) is 0 Å². The average Bonchev–Trinajstić information content (AvgIpc) is 2.98. The zero-order valence-electron chi connectivity index (χ0n) is 10.1. The Bertz CT molecular complexity index is 350. The summed E-state index contributed by atoms with van der Waals surface area (Å²) in [6.45, 7) is 2.23. The minimum atomic E-state index is -0.111. The summed E-state index contributed by atoms with van der Waals surface area (Å²) >= 11 is 1.16. The summed E-state index contributed by atoms with van der Waals surface area (Å²) in [5.41, 5.74) is 2.75. The van der Waals surface area contributed by atoms with Crippen molar-refractivity contribution in [2.45, 2.75) is 38.2 Å². The fourth-order valence-electron chi connectivity index (χ4n) is 2.55. The molecule has 3 heteroatoms. The first-order valence-corrected chi connectivity index (χ1v) is 6.91. The topological polar surface area (TPSA) is 9.23 Å². The summed E-state index contributed by atoms with van der Waals surface area (Å²) in [7, 11) is 0. The molecule has 0 aromatic heterocycles. The maximum absolute atomic E-state index is 6.02. The van der Waals surface area contributed by atoms with E-state index in [0.717, 1.165) is 50.8 Å². The third kappa shape index (κ3) is 2.92. The van der Waals surface area contributed by atoms with Crippen molar-refractivity contribution in [3.8, 4) is 0 Å². The van der Waals surface area contributed by atoms with Gasteiger partial charge in [0.25, 0.3) is 0 Å². The molecular formula is C14H18ClOZr. The van der Waals surface area contributed by atoms with Gasteiger partial charge in [-0.3, -0.25) is 0 Å². The third-order valence-electron chi connectivity index (χ3n) is 3.36. The van der Waals surface area contributed by atoms with Crippen molar-refractivity contribution in [3.05, 3.63) is 47.6 Å². The van der Waals surface area contributed by atoms with Gasteiger partial charge < -0.3 is 0 Å². The summed E-state index contributed by atoms with van der Waals surface area (Å²) in [5, 5.41) is 0. The van der Waals surface area contributed by atoms with Crippen LogP contribution in [-0.2, 0) is 28.0 Å². The quantitative estimate of drug-likeness (QED) is 0.735. The molecule has 2 aliphatic rings. The Morgan fingerprint density at radius 1 is 1.18 bits per heavy atom. The van der Waals surface area contributed by atoms with Crippen molar-refractivity contribution in [2.24, 2.45) is 0 Å². The van der Waals surface area contributed by atoms with E-state index < -0.39 is 0 Å². The van der Waals surface area contributed by atoms with Gasteiger partial charge in [-0.15, -0.1) is 12.4 Å². The van der Waals surface area contributed by atoms with Crippen LogP contribution in [0.4, 0.5) is 0 Å². The Hall–Kier alpha value is 0.0931. The number of hydrogen-bond acceptors (Lipinski definition) is 1. The first-order chi connectivity index (χ1) is 7.83. The van der Waals surface area contributed by atoms with Crippen LogP contribution in [-0.4, -0.2) is 5.60 Å². The summed E-state index contributed by atoms with van der Waals surface area (Å²) in [4.78, 5) is 0. The van der Waals surface area contributed by atoms with E-state index in [-0.39, 0.29) is 18.0 Å². The summed E-state index contributed by atoms with van der Waals surface area (Å²) in [5.74, 6) is 0. The first-order valence-electron chi connectivity index (χ1n) is 5.90. The first kappa shape index (κ1) is 15.2. The van der Waals surface area contributed by atoms with Crippen LogP contribution in [0.25, 0.3) is 0 Å². The second-order valence-electron chi connectivity index (χ2n) is 4.33. The number of allylic oxidation sites excluding steroid dienone is 6. The van der Waals surface area contributed by atoms with Gasteiger partial charge in [-0.1, -0.05) is 0 Å². The second-order valence-corrected chi connectivity index (χ2v) is 4.83. The molecule has 0 atom stereocenters. The van der Waals surface area contributed by atoms with E-state index in [1.54, 1.807) is 0 Å². The molecule has 1 nitrogen and oxygen atoms in total. The zero-order valence-corrected chi connectivity index (χ0v) is 13.4. The smallest absolute Gasteiger partial charge is 0.147 e. The van der Waals surface area contributed by atoms with E-state index in [2.05, 4.69) is 43.4 Å². The van der Waals surface area contributed by atoms with Gasteiger partial charge in [0.2, 0.25) is 0 Å². The maximum atomic E-state index is 6.02. The van der Waals surface area contributed by atoms with Gasteiger partial charge in [0.1, 0.15) is 0 Å². The van der Waals surface area contributed by atoms with Gasteiger partial charge in [0, 0.05) is 0 Å². The molecule has 0 N–H and O–H groups in total. The Morgan fingerprint density at radius 3 is 2.00 bits per heavy atom. The Kier molecular flexibility index (Phi) is 6.13. The molecule has 0 heterocycles. The molecule has 0 aromatic rings. The maximum Gasteiger partial charge on any atom is -0.147 e. The zero-order chi connectivity index (χ0) is 11.4. The number of rotatable bonds is 5. The molecule has 0 saturated carbocycles. The van der Waals surface area contributed by atoms with Crippen molar-refractivity contribution in [3.63, 3.8) is 0 Å². The largest absolute Gasteiger partial charge is 0.147 e. The molecular weight excluding hydrogens is 311 g/mol. The van der Waals surface area contributed by atoms with Crippen molar-refractivity contribution in [1.29, 1.82) is 0 Å². The van der Waals surface area contributed by atoms with Crippen LogP contribution >= 0.6 is 12.4 Å². The molecule has 0 spiro atoms. The van der Waals surface area contributed by atoms with Crippen LogP contribution in [0.1, 0.15) is 32.6 Å². The minimum absolute atomic E-state index is 0. The van der Waals surface area contributed by atoms with Crippen molar-refractivity contribution in [1.82, 2.24) is 0 Å². The molecule has 17 heavy (non-hydrogen) atoms. The SMILES string of the molecule is CCCC([O][Zr])(C1=CC=CC1)C1=CC=CC1.Cl. The standard InChI is InChI=1S/C14H17O.ClH.Zr/c1-2-11-14(15,12-7-3-4-8-12)13-9-5-6-10-13;;/h3-7,9H,2,8,10-11H2,1H3;1H;/q-1;;+1. The molecule has 2 aliphatic carbocycles. The average molecular weight is 329 g/mol. The monoisotopic (exact) mass is 327 g/mol. The van der Waals surface area contributed by atoms with Crippen LogP contribution < -0.4 is 0 Å². The van der Waals surface area contributed by atoms with Crippen molar-refractivity contribution in [2.75, 3.05) is 0 Å².